The smallest absolute Gasteiger partial charge is 0.446 e. The topological polar surface area (TPSA) is 239 Å². The van der Waals surface area contributed by atoms with Crippen molar-refractivity contribution in [1.29, 1.82) is 0 Å². The molecule has 17 nitrogen and oxygen atoms in total. The molecule has 4 N–H and O–H groups in total. The van der Waals surface area contributed by atoms with Gasteiger partial charge in [-0.2, -0.15) is 21.0 Å². The van der Waals surface area contributed by atoms with Crippen LogP contribution in [0.1, 0.15) is 126 Å². The first kappa shape index (κ1) is 53.2. The van der Waals surface area contributed by atoms with Crippen LogP contribution in [-0.4, -0.2) is 113 Å². The van der Waals surface area contributed by atoms with Crippen molar-refractivity contribution in [2.24, 2.45) is 23.7 Å². The predicted octanol–water partition coefficient (Wildman–Crippen LogP) is 6.01. The highest BCUT2D eigenvalue weighted by Crippen LogP contribution is 2.33. The summed E-state index contributed by atoms with van der Waals surface area (Å²) in [5.41, 5.74) is 0.357. The highest BCUT2D eigenvalue weighted by Gasteiger charge is 2.38. The zero-order valence-corrected chi connectivity index (χ0v) is 40.0. The quantitative estimate of drug-likeness (QED) is 0.0436. The summed E-state index contributed by atoms with van der Waals surface area (Å²) in [7, 11) is -1.30. The number of nitrogens with one attached hydrogen (secondary N) is 2. The van der Waals surface area contributed by atoms with Crippen molar-refractivity contribution >= 4 is 75.5 Å². The molecule has 1 aromatic heterocycles. The molecule has 3 amide bonds. The largest absolute Gasteiger partial charge is 0.481 e. The number of ketones is 1. The number of aromatic nitrogens is 1. The Morgan fingerprint density at radius 1 is 1.10 bits per heavy atom. The van der Waals surface area contributed by atoms with Crippen LogP contribution in [0.3, 0.4) is 0 Å². The maximum absolute atomic E-state index is 14.3. The Bertz CT molecular complexity index is 2010. The molecule has 0 saturated carbocycles. The maximum Gasteiger partial charge on any atom is 0.446 e. The van der Waals surface area contributed by atoms with Gasteiger partial charge in [0.1, 0.15) is 10.7 Å². The molecular weight excluding hydrogens is 875 g/mol. The molecule has 352 valence electrons. The molecule has 1 aliphatic rings. The van der Waals surface area contributed by atoms with Gasteiger partial charge in [0, 0.05) is 56.6 Å². The summed E-state index contributed by atoms with van der Waals surface area (Å²) in [5.74, 6) is -4.47. The van der Waals surface area contributed by atoms with Crippen LogP contribution in [-0.2, 0) is 45.5 Å². The minimum Gasteiger partial charge on any atom is -0.481 e. The molecule has 3 rings (SSSR count). The van der Waals surface area contributed by atoms with E-state index < -0.39 is 64.2 Å². The Morgan fingerprint density at radius 3 is 2.38 bits per heavy atom. The first-order valence-corrected chi connectivity index (χ1v) is 24.3. The van der Waals surface area contributed by atoms with Crippen LogP contribution in [0, 0.1) is 23.7 Å². The second-order valence-corrected chi connectivity index (χ2v) is 19.2. The summed E-state index contributed by atoms with van der Waals surface area (Å²) >= 11 is 5.19. The van der Waals surface area contributed by atoms with Crippen LogP contribution in [0.25, 0.3) is 0 Å². The summed E-state index contributed by atoms with van der Waals surface area (Å²) in [6.45, 7) is 11.5. The van der Waals surface area contributed by atoms with Gasteiger partial charge in [-0.05, 0) is 81.0 Å². The van der Waals surface area contributed by atoms with Crippen molar-refractivity contribution in [3.8, 4) is 5.75 Å². The average molecular weight is 940 g/mol. The Hall–Kier alpha value is -4.11. The number of piperidine rings is 1. The highest BCUT2D eigenvalue weighted by molar-refractivity contribution is 7.81. The number of anilines is 1. The maximum atomic E-state index is 14.3. The minimum atomic E-state index is -4.96. The number of esters is 1. The van der Waals surface area contributed by atoms with E-state index in [1.807, 2.05) is 34.7 Å². The number of hydrogen-bond acceptors (Lipinski definition) is 14. The Balaban J connectivity index is 1.88. The monoisotopic (exact) mass is 939 g/mol. The van der Waals surface area contributed by atoms with Crippen LogP contribution in [0.5, 0.6) is 5.75 Å². The fourth-order valence-corrected chi connectivity index (χ4v) is 9.19. The third kappa shape index (κ3) is 16.8. The van der Waals surface area contributed by atoms with Crippen LogP contribution >= 0.6 is 24.0 Å². The van der Waals surface area contributed by atoms with E-state index in [1.165, 1.54) is 37.4 Å². The number of carboxylic acid groups (broad SMARTS) is 1. The lowest BCUT2D eigenvalue weighted by Crippen LogP contribution is -2.48. The van der Waals surface area contributed by atoms with Crippen LogP contribution < -0.4 is 14.8 Å². The first-order chi connectivity index (χ1) is 29.5. The molecule has 0 bridgehead atoms. The number of aliphatic carboxylic acids is 1. The molecule has 1 fully saturated rings. The van der Waals surface area contributed by atoms with Crippen molar-refractivity contribution < 1.29 is 55.8 Å². The fraction of sp³-hybridized carbons (Fsp3) is 0.651. The van der Waals surface area contributed by atoms with Gasteiger partial charge in [0.15, 0.2) is 17.6 Å². The molecular formula is C43H65N5O12S3. The van der Waals surface area contributed by atoms with Gasteiger partial charge in [-0.25, -0.2) is 4.98 Å². The lowest BCUT2D eigenvalue weighted by atomic mass is 9.83. The van der Waals surface area contributed by atoms with Crippen molar-refractivity contribution in [2.75, 3.05) is 31.7 Å². The SMILES string of the molecule is CC[C@H](C)C(CC(=O)[C@H]1CCCCN1C)C(=O)N(C)[C@H](C[C@@H](OC(C)=O)c1nc(C(=O)N[C@@H](Cc2ccc(OS(=O)(=O)O)c(NC(=O)CCCS)c2)CC(C)C(=O)O)cs1)C(C)C. The molecule has 1 saturated heterocycles. The Morgan fingerprint density at radius 2 is 1.79 bits per heavy atom. The van der Waals surface area contributed by atoms with E-state index >= 15 is 0 Å². The van der Waals surface area contributed by atoms with Crippen LogP contribution in [0.2, 0.25) is 0 Å². The van der Waals surface area contributed by atoms with Gasteiger partial charge in [0.05, 0.1) is 17.6 Å². The van der Waals surface area contributed by atoms with Crippen molar-refractivity contribution in [3.05, 3.63) is 39.8 Å². The number of ether oxygens (including phenoxy) is 1. The number of likely N-dealkylation sites (N-methyl/N-ethyl adjacent to an activating group) is 1. The zero-order chi connectivity index (χ0) is 47.2. The van der Waals surface area contributed by atoms with E-state index in [0.717, 1.165) is 37.1 Å². The zero-order valence-electron chi connectivity index (χ0n) is 37.5. The third-order valence-corrected chi connectivity index (χ3v) is 13.2. The molecule has 63 heavy (non-hydrogen) atoms. The van der Waals surface area contributed by atoms with E-state index in [1.54, 1.807) is 11.9 Å². The molecule has 2 heterocycles. The van der Waals surface area contributed by atoms with Gasteiger partial charge in [-0.3, -0.25) is 38.2 Å². The van der Waals surface area contributed by atoms with Crippen molar-refractivity contribution in [1.82, 2.24) is 20.1 Å². The Kier molecular flexibility index (Phi) is 21.0. The number of thiol groups is 1. The first-order valence-electron chi connectivity index (χ1n) is 21.4. The number of likely N-dealkylation sites (tertiary alicyclic amines) is 1. The summed E-state index contributed by atoms with van der Waals surface area (Å²) < 4.78 is 42.9. The fourth-order valence-electron chi connectivity index (χ4n) is 7.82. The average Bonchev–Trinajstić information content (AvgIpc) is 3.71. The Labute approximate surface area is 380 Å². The number of thiazole rings is 1. The number of Topliss-reactive ketones (excluding diaryl/α,β-unsaturated/α-hetero) is 1. The lowest BCUT2D eigenvalue weighted by molar-refractivity contribution is -0.149. The normalized spacial score (nSPS) is 17.4. The number of rotatable bonds is 25. The van der Waals surface area contributed by atoms with Crippen LogP contribution in [0.15, 0.2) is 23.6 Å². The molecule has 2 unspecified atom stereocenters. The molecule has 20 heteroatoms. The molecule has 2 aromatic rings. The summed E-state index contributed by atoms with van der Waals surface area (Å²) in [6, 6.07) is 2.59. The number of hydrogen-bond donors (Lipinski definition) is 5. The van der Waals surface area contributed by atoms with Gasteiger partial charge in [-0.1, -0.05) is 53.5 Å². The van der Waals surface area contributed by atoms with E-state index in [4.69, 9.17) is 4.74 Å². The van der Waals surface area contributed by atoms with E-state index in [0.29, 0.717) is 29.2 Å². The van der Waals surface area contributed by atoms with Gasteiger partial charge < -0.3 is 29.6 Å². The number of amides is 3. The predicted molar refractivity (Wildman–Crippen MR) is 242 cm³/mol. The number of carbonyl (C=O) groups is 6. The van der Waals surface area contributed by atoms with E-state index in [9.17, 15) is 46.8 Å². The number of nitrogens with zero attached hydrogens (tertiary/aromatic N) is 3. The van der Waals surface area contributed by atoms with E-state index in [-0.39, 0.29) is 78.8 Å². The molecule has 0 spiro atoms. The summed E-state index contributed by atoms with van der Waals surface area (Å²) in [4.78, 5) is 87.0. The number of carboxylic acids is 1. The standard InChI is InChI=1S/C43H65N5O12S3/c1-9-26(4)31(22-36(50)34-13-10-11-17-47(34)7)42(53)48(8)35(25(2)3)23-38(59-28(6)49)41-46-33(24-62-41)40(52)44-30(19-27(5)43(54)55)20-29-15-16-37(60-63(56,57)58)32(21-29)45-39(51)14-12-18-61/h15-16,21,24-27,30-31,34-35,38,61H,9-14,17-20,22-23H2,1-8H3,(H,44,52)(H,45,51)(H,54,55)(H,56,57,58)/t26-,27?,30+,31?,34+,35+,38+/m0/s1. The number of benzene rings is 1. The molecule has 1 aliphatic heterocycles. The summed E-state index contributed by atoms with van der Waals surface area (Å²) in [6.07, 6.45) is 3.31. The molecule has 7 atom stereocenters. The molecule has 0 radical (unpaired) electrons. The molecule has 1 aromatic carbocycles. The van der Waals surface area contributed by atoms with Crippen molar-refractivity contribution in [3.63, 3.8) is 0 Å². The third-order valence-electron chi connectivity index (χ3n) is 11.6. The van der Waals surface area contributed by atoms with E-state index in [2.05, 4.69) is 37.3 Å². The summed E-state index contributed by atoms with van der Waals surface area (Å²) in [5, 5.41) is 17.0. The second kappa shape index (κ2) is 24.8. The van der Waals surface area contributed by atoms with Crippen molar-refractivity contribution in [2.45, 2.75) is 130 Å². The van der Waals surface area contributed by atoms with Crippen LogP contribution in [0.4, 0.5) is 5.69 Å². The second-order valence-electron chi connectivity index (χ2n) is 16.9. The highest BCUT2D eigenvalue weighted by atomic mass is 32.3. The van der Waals surface area contributed by atoms with Gasteiger partial charge in [0.2, 0.25) is 11.8 Å². The van der Waals surface area contributed by atoms with Gasteiger partial charge >= 0.3 is 22.3 Å². The van der Waals surface area contributed by atoms with Gasteiger partial charge in [0.25, 0.3) is 5.91 Å². The lowest BCUT2D eigenvalue weighted by Gasteiger charge is -2.37. The van der Waals surface area contributed by atoms with Gasteiger partial charge in [-0.15, -0.1) is 11.3 Å². The number of carbonyl (C=O) groups excluding carboxylic acids is 5. The minimum absolute atomic E-state index is 0.0253. The molecule has 0 aliphatic carbocycles.